The normalized spacial score (nSPS) is 19.5. The fourth-order valence-corrected chi connectivity index (χ4v) is 3.43. The van der Waals surface area contributed by atoms with Gasteiger partial charge in [-0.2, -0.15) is 0 Å². The molecule has 2 heterocycles. The standard InChI is InChI=1S/C20H23N3O3/c1-3-23-18(24)12-17(19(23)15-4-6-16(26-2)7-5-15)20(25)22-13-14-8-10-21-11-9-14/h4-11,17,19H,3,12-13H2,1-2H3,(H,22,25)/t17-,19+/m1/s1. The highest BCUT2D eigenvalue weighted by Gasteiger charge is 2.43. The fourth-order valence-electron chi connectivity index (χ4n) is 3.43. The number of carbonyl (C=O) groups is 2. The van der Waals surface area contributed by atoms with Gasteiger partial charge in [0.25, 0.3) is 0 Å². The number of nitrogens with zero attached hydrogens (tertiary/aromatic N) is 2. The minimum atomic E-state index is -0.405. The van der Waals surface area contributed by atoms with Gasteiger partial charge in [0.15, 0.2) is 0 Å². The van der Waals surface area contributed by atoms with E-state index in [9.17, 15) is 9.59 Å². The monoisotopic (exact) mass is 353 g/mol. The minimum Gasteiger partial charge on any atom is -0.497 e. The summed E-state index contributed by atoms with van der Waals surface area (Å²) in [4.78, 5) is 31.0. The summed E-state index contributed by atoms with van der Waals surface area (Å²) in [6.07, 6.45) is 3.62. The van der Waals surface area contributed by atoms with Gasteiger partial charge in [-0.25, -0.2) is 0 Å². The Labute approximate surface area is 153 Å². The van der Waals surface area contributed by atoms with Crippen molar-refractivity contribution in [2.45, 2.75) is 25.9 Å². The molecule has 6 heteroatoms. The Bertz CT molecular complexity index is 762. The maximum absolute atomic E-state index is 12.8. The zero-order valence-electron chi connectivity index (χ0n) is 15.0. The van der Waals surface area contributed by atoms with Gasteiger partial charge < -0.3 is 15.0 Å². The summed E-state index contributed by atoms with van der Waals surface area (Å²) in [5, 5.41) is 2.96. The summed E-state index contributed by atoms with van der Waals surface area (Å²) in [6.45, 7) is 2.93. The zero-order valence-corrected chi connectivity index (χ0v) is 15.0. The number of likely N-dealkylation sites (tertiary alicyclic amines) is 1. The van der Waals surface area contributed by atoms with Gasteiger partial charge in [0.2, 0.25) is 11.8 Å². The van der Waals surface area contributed by atoms with Crippen LogP contribution in [0, 0.1) is 5.92 Å². The van der Waals surface area contributed by atoms with Crippen molar-refractivity contribution in [1.29, 1.82) is 0 Å². The molecule has 2 amide bonds. The lowest BCUT2D eigenvalue weighted by molar-refractivity contribution is -0.129. The number of amides is 2. The third kappa shape index (κ3) is 3.69. The van der Waals surface area contributed by atoms with E-state index in [1.165, 1.54) is 0 Å². The van der Waals surface area contributed by atoms with Gasteiger partial charge in [-0.15, -0.1) is 0 Å². The number of pyridine rings is 1. The molecule has 0 spiro atoms. The molecule has 1 N–H and O–H groups in total. The first kappa shape index (κ1) is 17.9. The molecule has 0 aliphatic carbocycles. The molecule has 0 unspecified atom stereocenters. The third-order valence-electron chi connectivity index (χ3n) is 4.78. The van der Waals surface area contributed by atoms with Gasteiger partial charge in [0, 0.05) is 31.9 Å². The third-order valence-corrected chi connectivity index (χ3v) is 4.78. The lowest BCUT2D eigenvalue weighted by Gasteiger charge is -2.27. The summed E-state index contributed by atoms with van der Waals surface area (Å²) < 4.78 is 5.20. The molecule has 6 nitrogen and oxygen atoms in total. The summed E-state index contributed by atoms with van der Waals surface area (Å²) in [6, 6.07) is 11.0. The van der Waals surface area contributed by atoms with Crippen LogP contribution in [0.2, 0.25) is 0 Å². The van der Waals surface area contributed by atoms with Gasteiger partial charge in [0.1, 0.15) is 5.75 Å². The molecule has 2 atom stereocenters. The largest absolute Gasteiger partial charge is 0.497 e. The first-order chi connectivity index (χ1) is 12.6. The van der Waals surface area contributed by atoms with Gasteiger partial charge >= 0.3 is 0 Å². The van der Waals surface area contributed by atoms with Crippen LogP contribution in [0.15, 0.2) is 48.8 Å². The topological polar surface area (TPSA) is 71.5 Å². The van der Waals surface area contributed by atoms with Crippen molar-refractivity contribution in [2.75, 3.05) is 13.7 Å². The highest BCUT2D eigenvalue weighted by atomic mass is 16.5. The molecule has 3 rings (SSSR count). The molecule has 0 saturated carbocycles. The molecule has 1 aromatic heterocycles. The van der Waals surface area contributed by atoms with Gasteiger partial charge in [0.05, 0.1) is 19.1 Å². The Hall–Kier alpha value is -2.89. The number of ether oxygens (including phenoxy) is 1. The molecule has 0 bridgehead atoms. The van der Waals surface area contributed by atoms with E-state index in [1.54, 1.807) is 24.4 Å². The van der Waals surface area contributed by atoms with Gasteiger partial charge in [-0.05, 0) is 42.3 Å². The van der Waals surface area contributed by atoms with Crippen LogP contribution in [0.1, 0.15) is 30.5 Å². The zero-order chi connectivity index (χ0) is 18.5. The van der Waals surface area contributed by atoms with Crippen molar-refractivity contribution in [3.8, 4) is 5.75 Å². The predicted octanol–water partition coefficient (Wildman–Crippen LogP) is 2.32. The smallest absolute Gasteiger partial charge is 0.226 e. The van der Waals surface area contributed by atoms with E-state index in [0.717, 1.165) is 16.9 Å². The van der Waals surface area contributed by atoms with E-state index in [1.807, 2.05) is 43.3 Å². The van der Waals surface area contributed by atoms with Crippen LogP contribution in [0.25, 0.3) is 0 Å². The molecule has 1 fully saturated rings. The maximum atomic E-state index is 12.8. The number of hydrogen-bond acceptors (Lipinski definition) is 4. The number of hydrogen-bond donors (Lipinski definition) is 1. The number of nitrogens with one attached hydrogen (secondary N) is 1. The number of aromatic nitrogens is 1. The molecule has 1 aromatic carbocycles. The molecular formula is C20H23N3O3. The van der Waals surface area contributed by atoms with E-state index in [-0.39, 0.29) is 24.3 Å². The van der Waals surface area contributed by atoms with E-state index in [2.05, 4.69) is 10.3 Å². The molecule has 0 radical (unpaired) electrons. The first-order valence-electron chi connectivity index (χ1n) is 8.74. The first-order valence-corrected chi connectivity index (χ1v) is 8.74. The van der Waals surface area contributed by atoms with Crippen molar-refractivity contribution >= 4 is 11.8 Å². The highest BCUT2D eigenvalue weighted by Crippen LogP contribution is 2.38. The average molecular weight is 353 g/mol. The second-order valence-electron chi connectivity index (χ2n) is 6.28. The number of benzene rings is 1. The van der Waals surface area contributed by atoms with Crippen LogP contribution in [0.3, 0.4) is 0 Å². The molecule has 1 saturated heterocycles. The van der Waals surface area contributed by atoms with Crippen molar-refractivity contribution in [1.82, 2.24) is 15.2 Å². The van der Waals surface area contributed by atoms with Gasteiger partial charge in [-0.1, -0.05) is 12.1 Å². The second-order valence-corrected chi connectivity index (χ2v) is 6.28. The lowest BCUT2D eigenvalue weighted by atomic mass is 9.92. The Morgan fingerprint density at radius 3 is 2.54 bits per heavy atom. The average Bonchev–Trinajstić information content (AvgIpc) is 3.03. The molecule has 1 aliphatic heterocycles. The summed E-state index contributed by atoms with van der Waals surface area (Å²) >= 11 is 0. The second kappa shape index (κ2) is 7.99. The Kier molecular flexibility index (Phi) is 5.51. The molecule has 26 heavy (non-hydrogen) atoms. The molecular weight excluding hydrogens is 330 g/mol. The van der Waals surface area contributed by atoms with E-state index in [4.69, 9.17) is 4.74 Å². The van der Waals surface area contributed by atoms with E-state index in [0.29, 0.717) is 13.1 Å². The van der Waals surface area contributed by atoms with Crippen LogP contribution in [-0.4, -0.2) is 35.4 Å². The van der Waals surface area contributed by atoms with Crippen LogP contribution >= 0.6 is 0 Å². The van der Waals surface area contributed by atoms with Crippen LogP contribution in [0.4, 0.5) is 0 Å². The maximum Gasteiger partial charge on any atom is 0.226 e. The summed E-state index contributed by atoms with van der Waals surface area (Å²) in [5.74, 6) is 0.252. The minimum absolute atomic E-state index is 0.0115. The van der Waals surface area contributed by atoms with E-state index >= 15 is 0 Å². The van der Waals surface area contributed by atoms with Crippen LogP contribution in [0.5, 0.6) is 5.75 Å². The Morgan fingerprint density at radius 2 is 1.92 bits per heavy atom. The highest BCUT2D eigenvalue weighted by molar-refractivity contribution is 5.90. The van der Waals surface area contributed by atoms with Gasteiger partial charge in [-0.3, -0.25) is 14.6 Å². The van der Waals surface area contributed by atoms with Crippen molar-refractivity contribution in [2.24, 2.45) is 5.92 Å². The molecule has 1 aliphatic rings. The summed E-state index contributed by atoms with van der Waals surface area (Å²) in [5.41, 5.74) is 1.92. The van der Waals surface area contributed by atoms with Crippen molar-refractivity contribution < 1.29 is 14.3 Å². The van der Waals surface area contributed by atoms with Crippen LogP contribution in [-0.2, 0) is 16.1 Å². The lowest BCUT2D eigenvalue weighted by Crippen LogP contribution is -2.35. The van der Waals surface area contributed by atoms with E-state index < -0.39 is 5.92 Å². The number of carbonyl (C=O) groups excluding carboxylic acids is 2. The fraction of sp³-hybridized carbons (Fsp3) is 0.350. The van der Waals surface area contributed by atoms with Crippen LogP contribution < -0.4 is 10.1 Å². The quantitative estimate of drug-likeness (QED) is 0.865. The van der Waals surface area contributed by atoms with Crippen molar-refractivity contribution in [3.63, 3.8) is 0 Å². The summed E-state index contributed by atoms with van der Waals surface area (Å²) in [7, 11) is 1.61. The van der Waals surface area contributed by atoms with Crippen molar-refractivity contribution in [3.05, 3.63) is 59.9 Å². The Morgan fingerprint density at radius 1 is 1.23 bits per heavy atom. The Balaban J connectivity index is 1.78. The molecule has 2 aromatic rings. The number of methoxy groups -OCH3 is 1. The number of rotatable bonds is 6. The SMILES string of the molecule is CCN1C(=O)C[C@@H](C(=O)NCc2ccncc2)[C@@H]1c1ccc(OC)cc1. The molecule has 136 valence electrons. The predicted molar refractivity (Wildman–Crippen MR) is 97.3 cm³/mol.